The molecule has 57 heavy (non-hydrogen) atoms. The van der Waals surface area contributed by atoms with E-state index in [9.17, 15) is 9.59 Å². The predicted octanol–water partition coefficient (Wildman–Crippen LogP) is 13.5. The molecule has 0 bridgehead atoms. The first kappa shape index (κ1) is 42.7. The van der Waals surface area contributed by atoms with Crippen molar-refractivity contribution in [2.45, 2.75) is 79.1 Å². The Bertz CT molecular complexity index is 1860. The highest BCUT2D eigenvalue weighted by molar-refractivity contribution is 7.18. The Balaban J connectivity index is 1.06. The molecule has 0 N–H and O–H groups in total. The molecule has 0 saturated heterocycles. The number of carbonyl (C=O) groups excluding carboxylic acids is 2. The van der Waals surface area contributed by atoms with Gasteiger partial charge in [-0.2, -0.15) is 0 Å². The average Bonchev–Trinajstić information content (AvgIpc) is 3.74. The number of hydrogen-bond acceptors (Lipinski definition) is 7. The van der Waals surface area contributed by atoms with E-state index in [1.165, 1.54) is 50.7 Å². The molecule has 1 heterocycles. The van der Waals surface area contributed by atoms with Crippen molar-refractivity contribution in [1.82, 2.24) is 0 Å². The zero-order valence-corrected chi connectivity index (χ0v) is 34.6. The lowest BCUT2D eigenvalue weighted by Gasteiger charge is -2.15. The largest absolute Gasteiger partial charge is 0.493 e. The zero-order chi connectivity index (χ0) is 40.2. The van der Waals surface area contributed by atoms with Crippen molar-refractivity contribution in [3.8, 4) is 43.9 Å². The summed E-state index contributed by atoms with van der Waals surface area (Å²) in [6.07, 6.45) is 15.8. The second-order valence-electron chi connectivity index (χ2n) is 14.3. The van der Waals surface area contributed by atoms with Crippen LogP contribution in [0.5, 0.6) is 23.0 Å². The maximum atomic E-state index is 12.5. The molecule has 0 radical (unpaired) electrons. The van der Waals surface area contributed by atoms with Crippen LogP contribution in [-0.4, -0.2) is 25.2 Å². The first-order chi connectivity index (χ1) is 27.8. The van der Waals surface area contributed by atoms with E-state index >= 15 is 0 Å². The number of ether oxygens (including phenoxy) is 4. The van der Waals surface area contributed by atoms with Crippen LogP contribution < -0.4 is 18.9 Å². The Morgan fingerprint density at radius 1 is 0.509 bits per heavy atom. The van der Waals surface area contributed by atoms with E-state index in [0.717, 1.165) is 69.6 Å². The van der Waals surface area contributed by atoms with E-state index in [-0.39, 0.29) is 0 Å². The fourth-order valence-corrected chi connectivity index (χ4v) is 7.24. The third-order valence-corrected chi connectivity index (χ3v) is 11.1. The van der Waals surface area contributed by atoms with Crippen LogP contribution >= 0.6 is 11.3 Å². The van der Waals surface area contributed by atoms with Crippen molar-refractivity contribution in [3.05, 3.63) is 132 Å². The summed E-state index contributed by atoms with van der Waals surface area (Å²) in [6, 6.07) is 34.6. The van der Waals surface area contributed by atoms with E-state index < -0.39 is 11.9 Å². The Morgan fingerprint density at radius 2 is 0.877 bits per heavy atom. The minimum Gasteiger partial charge on any atom is -0.493 e. The average molecular weight is 785 g/mol. The van der Waals surface area contributed by atoms with Gasteiger partial charge in [0.25, 0.3) is 0 Å². The minimum absolute atomic E-state index is 0.442. The topological polar surface area (TPSA) is 71.1 Å². The van der Waals surface area contributed by atoms with Gasteiger partial charge in [-0.25, -0.2) is 9.59 Å². The van der Waals surface area contributed by atoms with Crippen LogP contribution in [0.3, 0.4) is 0 Å². The number of hydrogen-bond donors (Lipinski definition) is 0. The van der Waals surface area contributed by atoms with Crippen LogP contribution in [0.4, 0.5) is 0 Å². The Hall–Kier alpha value is -5.40. The second kappa shape index (κ2) is 23.0. The molecule has 5 aromatic rings. The minimum atomic E-state index is -0.442. The summed E-state index contributed by atoms with van der Waals surface area (Å²) in [5.41, 5.74) is 3.83. The number of carbonyl (C=O) groups is 2. The van der Waals surface area contributed by atoms with Crippen LogP contribution in [0.2, 0.25) is 0 Å². The van der Waals surface area contributed by atoms with Crippen LogP contribution in [0.1, 0.15) is 90.2 Å². The highest BCUT2D eigenvalue weighted by Crippen LogP contribution is 2.36. The summed E-state index contributed by atoms with van der Waals surface area (Å²) in [4.78, 5) is 27.3. The van der Waals surface area contributed by atoms with Crippen LogP contribution in [0.25, 0.3) is 33.0 Å². The van der Waals surface area contributed by atoms with Crippen LogP contribution in [-0.2, 0) is 9.59 Å². The molecular formula is C50H56O6S. The summed E-state index contributed by atoms with van der Waals surface area (Å²) in [6.45, 7) is 10.3. The monoisotopic (exact) mass is 784 g/mol. The summed E-state index contributed by atoms with van der Waals surface area (Å²) in [5, 5.41) is 0. The van der Waals surface area contributed by atoms with Crippen LogP contribution in [0, 0.1) is 11.8 Å². The van der Waals surface area contributed by atoms with Crippen molar-refractivity contribution in [2.75, 3.05) is 13.2 Å². The molecule has 0 aliphatic rings. The van der Waals surface area contributed by atoms with Crippen molar-refractivity contribution in [2.24, 2.45) is 11.8 Å². The van der Waals surface area contributed by atoms with E-state index in [0.29, 0.717) is 23.3 Å². The van der Waals surface area contributed by atoms with E-state index in [4.69, 9.17) is 18.9 Å². The Kier molecular flexibility index (Phi) is 17.2. The van der Waals surface area contributed by atoms with E-state index in [1.807, 2.05) is 72.8 Å². The molecule has 2 atom stereocenters. The quantitative estimate of drug-likeness (QED) is 0.0395. The van der Waals surface area contributed by atoms with Gasteiger partial charge >= 0.3 is 11.9 Å². The molecule has 7 heteroatoms. The Morgan fingerprint density at radius 3 is 1.23 bits per heavy atom. The normalized spacial score (nSPS) is 12.4. The summed E-state index contributed by atoms with van der Waals surface area (Å²) in [5.74, 6) is 2.89. The molecule has 0 saturated carbocycles. The van der Waals surface area contributed by atoms with E-state index in [2.05, 4.69) is 39.8 Å². The predicted molar refractivity (Wildman–Crippen MR) is 235 cm³/mol. The SMILES string of the molecule is CCCCC(CC)COc1ccc(/C=C/C(=O)Oc2ccc(-c3ccc(-c4ccc(OC(=O)/C=C/c5ccc(OCC(CC)CCCC)cc5)cc4)s3)cc2)cc1. The van der Waals surface area contributed by atoms with Gasteiger partial charge in [0, 0.05) is 21.9 Å². The molecule has 1 aromatic heterocycles. The molecule has 4 aromatic carbocycles. The second-order valence-corrected chi connectivity index (χ2v) is 15.4. The van der Waals surface area contributed by atoms with Crippen molar-refractivity contribution in [1.29, 1.82) is 0 Å². The number of rotatable bonds is 22. The van der Waals surface area contributed by atoms with Gasteiger partial charge in [0.1, 0.15) is 23.0 Å². The molecule has 6 nitrogen and oxygen atoms in total. The zero-order valence-electron chi connectivity index (χ0n) is 33.8. The van der Waals surface area contributed by atoms with Gasteiger partial charge in [-0.15, -0.1) is 11.3 Å². The smallest absolute Gasteiger partial charge is 0.336 e. The van der Waals surface area contributed by atoms with Gasteiger partial charge in [-0.1, -0.05) is 90.5 Å². The number of esters is 2. The fraction of sp³-hybridized carbons (Fsp3) is 0.320. The maximum absolute atomic E-state index is 12.5. The highest BCUT2D eigenvalue weighted by atomic mass is 32.1. The third-order valence-electron chi connectivity index (χ3n) is 9.96. The molecule has 298 valence electrons. The lowest BCUT2D eigenvalue weighted by Crippen LogP contribution is -2.11. The molecule has 0 aliphatic heterocycles. The first-order valence-corrected chi connectivity index (χ1v) is 21.2. The third kappa shape index (κ3) is 14.2. The molecular weight excluding hydrogens is 729 g/mol. The Labute approximate surface area is 343 Å². The first-order valence-electron chi connectivity index (χ1n) is 20.4. The number of benzene rings is 4. The highest BCUT2D eigenvalue weighted by Gasteiger charge is 2.10. The van der Waals surface area contributed by atoms with Crippen molar-refractivity contribution < 1.29 is 28.5 Å². The van der Waals surface area contributed by atoms with Crippen molar-refractivity contribution in [3.63, 3.8) is 0 Å². The maximum Gasteiger partial charge on any atom is 0.336 e. The summed E-state index contributed by atoms with van der Waals surface area (Å²) < 4.78 is 23.1. The lowest BCUT2D eigenvalue weighted by molar-refractivity contribution is -0.129. The standard InChI is InChI=1S/C50H56O6S/c1-5-9-11-37(7-3)35-53-43-23-13-39(14-24-43)17-33-49(51)55-45-27-19-41(20-28-45)47-31-32-48(57-47)42-21-29-46(30-22-42)56-50(52)34-18-40-15-25-44(26-16-40)54-36-38(8-4)12-10-6-2/h13-34,37-38H,5-12,35-36H2,1-4H3/b33-17+,34-18+. The molecule has 5 rings (SSSR count). The van der Waals surface area contributed by atoms with Gasteiger partial charge < -0.3 is 18.9 Å². The lowest BCUT2D eigenvalue weighted by atomic mass is 10.0. The molecule has 0 fully saturated rings. The fourth-order valence-electron chi connectivity index (χ4n) is 6.23. The molecule has 0 aliphatic carbocycles. The van der Waals surface area contributed by atoms with Crippen molar-refractivity contribution >= 4 is 35.4 Å². The van der Waals surface area contributed by atoms with Gasteiger partial charge in [-0.05, 0) is 144 Å². The van der Waals surface area contributed by atoms with Crippen LogP contribution in [0.15, 0.2) is 121 Å². The molecule has 2 unspecified atom stereocenters. The molecule has 0 amide bonds. The van der Waals surface area contributed by atoms with Gasteiger partial charge in [0.15, 0.2) is 0 Å². The van der Waals surface area contributed by atoms with Gasteiger partial charge in [-0.3, -0.25) is 0 Å². The number of unbranched alkanes of at least 4 members (excludes halogenated alkanes) is 2. The number of thiophene rings is 1. The van der Waals surface area contributed by atoms with Gasteiger partial charge in [0.05, 0.1) is 13.2 Å². The molecule has 0 spiro atoms. The summed E-state index contributed by atoms with van der Waals surface area (Å²) in [7, 11) is 0. The van der Waals surface area contributed by atoms with Gasteiger partial charge in [0.2, 0.25) is 0 Å². The summed E-state index contributed by atoms with van der Waals surface area (Å²) >= 11 is 1.65. The van der Waals surface area contributed by atoms with E-state index in [1.54, 1.807) is 47.8 Å².